The van der Waals surface area contributed by atoms with Crippen molar-refractivity contribution >= 4 is 5.91 Å². The molecule has 9 nitrogen and oxygen atoms in total. The summed E-state index contributed by atoms with van der Waals surface area (Å²) in [6, 6.07) is -0.802. The number of allylic oxidation sites excluding steroid dienone is 1. The first-order valence-corrected chi connectivity index (χ1v) is 37.9. The van der Waals surface area contributed by atoms with Gasteiger partial charge in [0.25, 0.3) is 0 Å². The van der Waals surface area contributed by atoms with Gasteiger partial charge in [-0.1, -0.05) is 392 Å². The molecule has 1 aliphatic heterocycles. The highest BCUT2D eigenvalue weighted by Crippen LogP contribution is 2.24. The summed E-state index contributed by atoms with van der Waals surface area (Å²) in [5, 5.41) is 54.8. The molecule has 1 heterocycles. The summed E-state index contributed by atoms with van der Waals surface area (Å²) >= 11 is 0. The molecule has 0 aromatic rings. The van der Waals surface area contributed by atoms with E-state index in [0.29, 0.717) is 6.42 Å². The summed E-state index contributed by atoms with van der Waals surface area (Å²) in [6.45, 7) is 3.85. The lowest BCUT2D eigenvalue weighted by molar-refractivity contribution is -0.302. The van der Waals surface area contributed by atoms with Gasteiger partial charge < -0.3 is 40.3 Å². The molecule has 1 amide bonds. The minimum Gasteiger partial charge on any atom is -0.394 e. The number of rotatable bonds is 68. The summed E-state index contributed by atoms with van der Waals surface area (Å²) in [6.07, 6.45) is 77.8. The summed E-state index contributed by atoms with van der Waals surface area (Å²) < 4.78 is 11.3. The summed E-state index contributed by atoms with van der Waals surface area (Å²) in [5.41, 5.74) is 0. The smallest absolute Gasteiger partial charge is 0.220 e. The molecule has 6 N–H and O–H groups in total. The molecule has 0 aliphatic carbocycles. The standard InChI is InChI=1S/C75H147NO8/c1-3-5-7-9-11-13-15-17-19-21-23-25-27-28-29-30-31-32-33-34-35-36-37-38-39-40-41-43-45-47-49-51-53-55-57-59-61-63-65-71(79)76-68(67-83-75-74(82)73(81)72(80)70(66-77)84-75)69(78)64-62-60-58-56-54-52-50-48-46-44-42-26-24-22-20-18-16-14-12-10-8-6-4-2/h62,64,68-70,72-75,77-78,80-82H,3-61,63,65-67H2,1-2H3,(H,76,79)/b64-62+. The van der Waals surface area contributed by atoms with E-state index in [-0.39, 0.29) is 12.5 Å². The summed E-state index contributed by atoms with van der Waals surface area (Å²) in [7, 11) is 0. The Labute approximate surface area is 522 Å². The molecule has 1 fully saturated rings. The van der Waals surface area contributed by atoms with E-state index in [0.717, 1.165) is 38.5 Å². The van der Waals surface area contributed by atoms with Gasteiger partial charge in [0, 0.05) is 6.42 Å². The van der Waals surface area contributed by atoms with Crippen molar-refractivity contribution < 1.29 is 39.8 Å². The number of carbonyl (C=O) groups is 1. The maximum atomic E-state index is 13.1. The summed E-state index contributed by atoms with van der Waals surface area (Å²) in [5.74, 6) is -0.166. The van der Waals surface area contributed by atoms with Crippen LogP contribution in [0.2, 0.25) is 0 Å². The van der Waals surface area contributed by atoms with Crippen LogP contribution < -0.4 is 5.32 Å². The lowest BCUT2D eigenvalue weighted by atomic mass is 9.99. The maximum Gasteiger partial charge on any atom is 0.220 e. The van der Waals surface area contributed by atoms with Crippen molar-refractivity contribution in [1.29, 1.82) is 0 Å². The van der Waals surface area contributed by atoms with Crippen molar-refractivity contribution in [3.05, 3.63) is 12.2 Å². The molecule has 0 aromatic carbocycles. The topological polar surface area (TPSA) is 149 Å². The molecule has 0 spiro atoms. The number of carbonyl (C=O) groups excluding carboxylic acids is 1. The Morgan fingerprint density at radius 2 is 0.655 bits per heavy atom. The Morgan fingerprint density at radius 3 is 0.929 bits per heavy atom. The predicted octanol–water partition coefficient (Wildman–Crippen LogP) is 21.0. The van der Waals surface area contributed by atoms with Gasteiger partial charge in [-0.25, -0.2) is 0 Å². The molecule has 0 radical (unpaired) electrons. The monoisotopic (exact) mass is 1190 g/mol. The molecule has 84 heavy (non-hydrogen) atoms. The van der Waals surface area contributed by atoms with Crippen molar-refractivity contribution in [1.82, 2.24) is 5.32 Å². The third-order valence-corrected chi connectivity index (χ3v) is 18.6. The van der Waals surface area contributed by atoms with Crippen molar-refractivity contribution in [2.24, 2.45) is 0 Å². The van der Waals surface area contributed by atoms with Crippen LogP contribution in [0.4, 0.5) is 0 Å². The normalized spacial score (nSPS) is 18.1. The van der Waals surface area contributed by atoms with Crippen LogP contribution in [-0.4, -0.2) is 87.5 Å². The lowest BCUT2D eigenvalue weighted by Crippen LogP contribution is -2.60. The molecular formula is C75H147NO8. The van der Waals surface area contributed by atoms with Crippen LogP contribution in [0.15, 0.2) is 12.2 Å². The summed E-state index contributed by atoms with van der Waals surface area (Å²) in [4.78, 5) is 13.1. The highest BCUT2D eigenvalue weighted by molar-refractivity contribution is 5.76. The Kier molecular flexibility index (Phi) is 62.5. The number of amides is 1. The Bertz CT molecular complexity index is 1330. The van der Waals surface area contributed by atoms with Crippen LogP contribution in [-0.2, 0) is 14.3 Å². The third kappa shape index (κ3) is 52.8. The number of hydrogen-bond acceptors (Lipinski definition) is 8. The van der Waals surface area contributed by atoms with Crippen molar-refractivity contribution in [3.63, 3.8) is 0 Å². The second kappa shape index (κ2) is 64.9. The highest BCUT2D eigenvalue weighted by Gasteiger charge is 2.44. The van der Waals surface area contributed by atoms with E-state index in [9.17, 15) is 30.3 Å². The Balaban J connectivity index is 2.04. The predicted molar refractivity (Wildman–Crippen MR) is 360 cm³/mol. The largest absolute Gasteiger partial charge is 0.394 e. The molecule has 1 rings (SSSR count). The van der Waals surface area contributed by atoms with Gasteiger partial charge in [-0.15, -0.1) is 0 Å². The quantitative estimate of drug-likeness (QED) is 0.0261. The van der Waals surface area contributed by atoms with E-state index >= 15 is 0 Å². The maximum absolute atomic E-state index is 13.1. The van der Waals surface area contributed by atoms with Crippen molar-refractivity contribution in [2.45, 2.75) is 448 Å². The van der Waals surface area contributed by atoms with E-state index in [4.69, 9.17) is 9.47 Å². The van der Waals surface area contributed by atoms with Gasteiger partial charge >= 0.3 is 0 Å². The first-order valence-electron chi connectivity index (χ1n) is 37.9. The molecule has 0 saturated carbocycles. The fourth-order valence-electron chi connectivity index (χ4n) is 12.7. The molecule has 1 aliphatic rings. The first-order chi connectivity index (χ1) is 41.3. The van der Waals surface area contributed by atoms with Gasteiger partial charge in [0.2, 0.25) is 5.91 Å². The zero-order chi connectivity index (χ0) is 60.7. The molecule has 500 valence electrons. The SMILES string of the molecule is CCCCCCCCCCCCCCCCCCCCCCC/C=C/C(O)C(COC1OC(CO)C(O)C(O)C1O)NC(=O)CCCCCCCCCCCCCCCCCCCCCCCCCCCCCCCCCCCCCCCC. The average Bonchev–Trinajstić information content (AvgIpc) is 3.69. The zero-order valence-electron chi connectivity index (χ0n) is 56.2. The Morgan fingerprint density at radius 1 is 0.393 bits per heavy atom. The minimum atomic E-state index is -1.56. The molecule has 7 unspecified atom stereocenters. The number of ether oxygens (including phenoxy) is 2. The van der Waals surface area contributed by atoms with Gasteiger partial charge in [0.05, 0.1) is 25.4 Å². The minimum absolute atomic E-state index is 0.166. The average molecular weight is 1190 g/mol. The van der Waals surface area contributed by atoms with Crippen molar-refractivity contribution in [2.75, 3.05) is 13.2 Å². The number of aliphatic hydroxyl groups excluding tert-OH is 5. The van der Waals surface area contributed by atoms with Crippen LogP contribution in [0.25, 0.3) is 0 Å². The zero-order valence-corrected chi connectivity index (χ0v) is 56.2. The highest BCUT2D eigenvalue weighted by atomic mass is 16.7. The number of hydrogen-bond donors (Lipinski definition) is 6. The fourth-order valence-corrected chi connectivity index (χ4v) is 12.7. The van der Waals surface area contributed by atoms with E-state index in [1.165, 1.54) is 347 Å². The molecule has 7 atom stereocenters. The van der Waals surface area contributed by atoms with Gasteiger partial charge in [-0.05, 0) is 19.3 Å². The van der Waals surface area contributed by atoms with Gasteiger partial charge in [-0.2, -0.15) is 0 Å². The van der Waals surface area contributed by atoms with Gasteiger partial charge in [0.1, 0.15) is 24.4 Å². The van der Waals surface area contributed by atoms with Crippen molar-refractivity contribution in [3.8, 4) is 0 Å². The van der Waals surface area contributed by atoms with Crippen LogP contribution in [0, 0.1) is 0 Å². The second-order valence-electron chi connectivity index (χ2n) is 26.8. The molecule has 0 bridgehead atoms. The molecule has 0 aromatic heterocycles. The third-order valence-electron chi connectivity index (χ3n) is 18.6. The molecule has 9 heteroatoms. The molecular weight excluding hydrogens is 1040 g/mol. The fraction of sp³-hybridized carbons (Fsp3) is 0.960. The van der Waals surface area contributed by atoms with Gasteiger partial charge in [-0.3, -0.25) is 4.79 Å². The van der Waals surface area contributed by atoms with Crippen LogP contribution in [0.3, 0.4) is 0 Å². The van der Waals surface area contributed by atoms with E-state index in [1.54, 1.807) is 6.08 Å². The molecule has 1 saturated heterocycles. The lowest BCUT2D eigenvalue weighted by Gasteiger charge is -2.40. The van der Waals surface area contributed by atoms with Crippen LogP contribution >= 0.6 is 0 Å². The number of aliphatic hydroxyl groups is 5. The van der Waals surface area contributed by atoms with E-state index in [1.807, 2.05) is 6.08 Å². The number of unbranched alkanes of at least 4 members (excludes halogenated alkanes) is 58. The van der Waals surface area contributed by atoms with Crippen LogP contribution in [0.5, 0.6) is 0 Å². The van der Waals surface area contributed by atoms with E-state index < -0.39 is 49.5 Å². The second-order valence-corrected chi connectivity index (χ2v) is 26.8. The first kappa shape index (κ1) is 80.9. The van der Waals surface area contributed by atoms with E-state index in [2.05, 4.69) is 19.2 Å². The Hall–Kier alpha value is -1.07. The number of nitrogens with one attached hydrogen (secondary N) is 1. The van der Waals surface area contributed by atoms with Gasteiger partial charge in [0.15, 0.2) is 6.29 Å². The van der Waals surface area contributed by atoms with Crippen LogP contribution in [0.1, 0.15) is 406 Å².